The molecule has 0 radical (unpaired) electrons. The molecule has 0 spiro atoms. The molecule has 0 aliphatic carbocycles. The van der Waals surface area contributed by atoms with Crippen LogP contribution in [0.2, 0.25) is 0 Å². The fourth-order valence-corrected chi connectivity index (χ4v) is 1.94. The summed E-state index contributed by atoms with van der Waals surface area (Å²) < 4.78 is 6.85. The van der Waals surface area contributed by atoms with Gasteiger partial charge in [-0.2, -0.15) is 5.10 Å². The van der Waals surface area contributed by atoms with Crippen molar-refractivity contribution in [1.29, 1.82) is 0 Å². The van der Waals surface area contributed by atoms with E-state index in [0.29, 0.717) is 19.1 Å². The van der Waals surface area contributed by atoms with E-state index >= 15 is 0 Å². The Morgan fingerprint density at radius 1 is 1.41 bits per heavy atom. The first-order valence-electron chi connectivity index (χ1n) is 6.83. The molecule has 1 atom stereocenters. The minimum absolute atomic E-state index is 0. The number of halogens is 1. The molecule has 22 heavy (non-hydrogen) atoms. The van der Waals surface area contributed by atoms with Crippen molar-refractivity contribution >= 4 is 29.9 Å². The second-order valence-electron chi connectivity index (χ2n) is 4.82. The Morgan fingerprint density at radius 3 is 2.73 bits per heavy atom. The number of benzene rings is 1. The van der Waals surface area contributed by atoms with Gasteiger partial charge in [-0.1, -0.05) is 12.1 Å². The molecule has 0 aliphatic rings. The Balaban J connectivity index is 0.00000242. The average Bonchev–Trinajstić information content (AvgIpc) is 3.00. The minimum atomic E-state index is 0. The standard InChI is InChI=1S/C15H21N5O.HI/c1-12(11-21-2)19-15(16)17-10-13-4-6-14(7-5-13)20-9-3-8-18-20;/h3-9,12H,10-11H2,1-2H3,(H3,16,17,19);1H. The third kappa shape index (κ3) is 5.64. The van der Waals surface area contributed by atoms with Crippen LogP contribution in [-0.4, -0.2) is 35.5 Å². The zero-order valence-corrected chi connectivity index (χ0v) is 15.1. The van der Waals surface area contributed by atoms with Crippen molar-refractivity contribution in [2.75, 3.05) is 13.7 Å². The first-order valence-corrected chi connectivity index (χ1v) is 6.83. The molecule has 1 unspecified atom stereocenters. The predicted octanol–water partition coefficient (Wildman–Crippen LogP) is 1.93. The molecular formula is C15H22IN5O. The van der Waals surface area contributed by atoms with Gasteiger partial charge in [0.05, 0.1) is 18.8 Å². The molecule has 0 bridgehead atoms. The molecule has 0 saturated carbocycles. The summed E-state index contributed by atoms with van der Waals surface area (Å²) >= 11 is 0. The van der Waals surface area contributed by atoms with Crippen LogP contribution in [0.3, 0.4) is 0 Å². The van der Waals surface area contributed by atoms with Gasteiger partial charge in [0.1, 0.15) is 0 Å². The van der Waals surface area contributed by atoms with Gasteiger partial charge in [-0.15, -0.1) is 24.0 Å². The number of nitrogens with zero attached hydrogens (tertiary/aromatic N) is 3. The van der Waals surface area contributed by atoms with Crippen LogP contribution in [-0.2, 0) is 11.3 Å². The molecule has 0 fully saturated rings. The number of hydrogen-bond donors (Lipinski definition) is 2. The van der Waals surface area contributed by atoms with Gasteiger partial charge in [0.25, 0.3) is 0 Å². The third-order valence-electron chi connectivity index (χ3n) is 2.95. The summed E-state index contributed by atoms with van der Waals surface area (Å²) in [5.41, 5.74) is 7.94. The van der Waals surface area contributed by atoms with Crippen molar-refractivity contribution < 1.29 is 4.74 Å². The fourth-order valence-electron chi connectivity index (χ4n) is 1.94. The molecular weight excluding hydrogens is 393 g/mol. The maximum Gasteiger partial charge on any atom is 0.189 e. The van der Waals surface area contributed by atoms with E-state index in [1.54, 1.807) is 13.3 Å². The molecule has 1 aromatic carbocycles. The molecule has 7 heteroatoms. The summed E-state index contributed by atoms with van der Waals surface area (Å²) in [6.07, 6.45) is 3.66. The summed E-state index contributed by atoms with van der Waals surface area (Å²) in [5, 5.41) is 7.26. The third-order valence-corrected chi connectivity index (χ3v) is 2.95. The van der Waals surface area contributed by atoms with Crippen molar-refractivity contribution in [2.24, 2.45) is 10.7 Å². The van der Waals surface area contributed by atoms with Gasteiger partial charge in [-0.05, 0) is 30.7 Å². The SMILES string of the molecule is COCC(C)NC(N)=NCc1ccc(-n2cccn2)cc1.I. The maximum absolute atomic E-state index is 5.83. The molecule has 3 N–H and O–H groups in total. The number of nitrogens with one attached hydrogen (secondary N) is 1. The largest absolute Gasteiger partial charge is 0.383 e. The molecule has 0 aliphatic heterocycles. The van der Waals surface area contributed by atoms with Crippen molar-refractivity contribution in [3.05, 3.63) is 48.3 Å². The molecule has 6 nitrogen and oxygen atoms in total. The highest BCUT2D eigenvalue weighted by Gasteiger charge is 2.01. The van der Waals surface area contributed by atoms with E-state index in [-0.39, 0.29) is 30.0 Å². The van der Waals surface area contributed by atoms with Gasteiger partial charge in [0.2, 0.25) is 0 Å². The first kappa shape index (κ1) is 18.4. The van der Waals surface area contributed by atoms with Gasteiger partial charge >= 0.3 is 0 Å². The van der Waals surface area contributed by atoms with E-state index in [1.165, 1.54) is 0 Å². The molecule has 1 aromatic heterocycles. The van der Waals surface area contributed by atoms with Crippen molar-refractivity contribution in [3.63, 3.8) is 0 Å². The molecule has 1 heterocycles. The van der Waals surface area contributed by atoms with Gasteiger partial charge in [0, 0.05) is 25.5 Å². The zero-order chi connectivity index (χ0) is 15.1. The summed E-state index contributed by atoms with van der Waals surface area (Å²) in [4.78, 5) is 4.31. The monoisotopic (exact) mass is 415 g/mol. The van der Waals surface area contributed by atoms with Crippen LogP contribution in [0.5, 0.6) is 0 Å². The summed E-state index contributed by atoms with van der Waals surface area (Å²) in [6.45, 7) is 3.12. The fraction of sp³-hybridized carbons (Fsp3) is 0.333. The highest BCUT2D eigenvalue weighted by molar-refractivity contribution is 14.0. The maximum atomic E-state index is 5.83. The summed E-state index contributed by atoms with van der Waals surface area (Å²) in [7, 11) is 1.66. The number of ether oxygens (including phenoxy) is 1. The molecule has 2 rings (SSSR count). The van der Waals surface area contributed by atoms with Crippen LogP contribution >= 0.6 is 24.0 Å². The highest BCUT2D eigenvalue weighted by Crippen LogP contribution is 2.09. The first-order chi connectivity index (χ1) is 10.2. The number of aliphatic imine (C=N–C) groups is 1. The summed E-state index contributed by atoms with van der Waals surface area (Å²) in [5.74, 6) is 0.427. The molecule has 0 saturated heterocycles. The summed E-state index contributed by atoms with van der Waals surface area (Å²) in [6, 6.07) is 10.1. The van der Waals surface area contributed by atoms with E-state index < -0.39 is 0 Å². The number of methoxy groups -OCH3 is 1. The van der Waals surface area contributed by atoms with Gasteiger partial charge in [0.15, 0.2) is 5.96 Å². The zero-order valence-electron chi connectivity index (χ0n) is 12.8. The van der Waals surface area contributed by atoms with Crippen LogP contribution in [0.25, 0.3) is 5.69 Å². The van der Waals surface area contributed by atoms with Crippen LogP contribution < -0.4 is 11.1 Å². The molecule has 2 aromatic rings. The Hall–Kier alpha value is -1.61. The highest BCUT2D eigenvalue weighted by atomic mass is 127. The van der Waals surface area contributed by atoms with Crippen LogP contribution in [0, 0.1) is 0 Å². The molecule has 0 amide bonds. The van der Waals surface area contributed by atoms with Crippen LogP contribution in [0.1, 0.15) is 12.5 Å². The Morgan fingerprint density at radius 2 is 2.14 bits per heavy atom. The van der Waals surface area contributed by atoms with E-state index in [9.17, 15) is 0 Å². The van der Waals surface area contributed by atoms with Gasteiger partial charge < -0.3 is 15.8 Å². The topological polar surface area (TPSA) is 77.5 Å². The van der Waals surface area contributed by atoms with E-state index in [4.69, 9.17) is 10.5 Å². The second kappa shape index (κ2) is 9.42. The number of nitrogens with two attached hydrogens (primary N) is 1. The van der Waals surface area contributed by atoms with Crippen molar-refractivity contribution in [3.8, 4) is 5.69 Å². The Kier molecular flexibility index (Phi) is 7.89. The predicted molar refractivity (Wildman–Crippen MR) is 98.8 cm³/mol. The average molecular weight is 415 g/mol. The van der Waals surface area contributed by atoms with E-state index in [0.717, 1.165) is 11.3 Å². The second-order valence-corrected chi connectivity index (χ2v) is 4.82. The van der Waals surface area contributed by atoms with Gasteiger partial charge in [-0.25, -0.2) is 9.67 Å². The normalized spacial score (nSPS) is 12.5. The van der Waals surface area contributed by atoms with E-state index in [2.05, 4.69) is 15.4 Å². The Labute approximate surface area is 147 Å². The number of hydrogen-bond acceptors (Lipinski definition) is 3. The van der Waals surface area contributed by atoms with Crippen LogP contribution in [0.4, 0.5) is 0 Å². The lowest BCUT2D eigenvalue weighted by Gasteiger charge is -2.13. The van der Waals surface area contributed by atoms with Crippen molar-refractivity contribution in [1.82, 2.24) is 15.1 Å². The molecule has 120 valence electrons. The number of guanidine groups is 1. The van der Waals surface area contributed by atoms with Gasteiger partial charge in [-0.3, -0.25) is 0 Å². The minimum Gasteiger partial charge on any atom is -0.383 e. The lowest BCUT2D eigenvalue weighted by atomic mass is 10.2. The number of aromatic nitrogens is 2. The van der Waals surface area contributed by atoms with E-state index in [1.807, 2.05) is 48.1 Å². The van der Waals surface area contributed by atoms with Crippen LogP contribution in [0.15, 0.2) is 47.7 Å². The Bertz CT molecular complexity index is 568. The number of rotatable bonds is 6. The lowest BCUT2D eigenvalue weighted by Crippen LogP contribution is -2.40. The lowest BCUT2D eigenvalue weighted by molar-refractivity contribution is 0.179. The quantitative estimate of drug-likeness (QED) is 0.430. The smallest absolute Gasteiger partial charge is 0.189 e. The van der Waals surface area contributed by atoms with Crippen molar-refractivity contribution in [2.45, 2.75) is 19.5 Å².